The number of nitrogens with one attached hydrogen (secondary N) is 1. The molecule has 0 saturated heterocycles. The van der Waals surface area contributed by atoms with Gasteiger partial charge in [0.2, 0.25) is 0 Å². The number of carbonyl (C=O) groups excluding carboxylic acids is 2. The van der Waals surface area contributed by atoms with Crippen LogP contribution in [0.3, 0.4) is 0 Å². The van der Waals surface area contributed by atoms with Gasteiger partial charge in [-0.3, -0.25) is 19.7 Å². The Labute approximate surface area is 282 Å². The number of hydrogen-bond donors (Lipinski definition) is 1. The Kier molecular flexibility index (Phi) is 10.7. The molecule has 260 valence electrons. The first-order chi connectivity index (χ1) is 22.6. The molecule has 0 heterocycles. The van der Waals surface area contributed by atoms with Crippen molar-refractivity contribution in [1.29, 1.82) is 0 Å². The van der Waals surface area contributed by atoms with Crippen LogP contribution in [-0.2, 0) is 16.1 Å². The smallest absolute Gasteiger partial charge is 0.306 e. The summed E-state index contributed by atoms with van der Waals surface area (Å²) in [5.41, 5.74) is 1.34. The molecule has 0 radical (unpaired) electrons. The van der Waals surface area contributed by atoms with Gasteiger partial charge in [-0.2, -0.15) is 0 Å². The minimum absolute atomic E-state index is 0.153. The van der Waals surface area contributed by atoms with E-state index < -0.39 is 4.92 Å². The molecule has 5 saturated carbocycles. The molecule has 0 aromatic heterocycles. The highest BCUT2D eigenvalue weighted by Crippen LogP contribution is 2.68. The summed E-state index contributed by atoms with van der Waals surface area (Å²) in [5.74, 6) is 4.51. The standard InChI is InChI=1S/C40H60N2O5/c1-27(33-18-19-34-32-17-16-31-12-8-9-22-39(31,2)35(32)21-23-40(33,34)3)13-20-37(43)47-26-30-15-14-29(24-36(30)42(45)46)38(44)41-25-28-10-6-4-5-7-11-28/h14-15,24,27-28,31-35H,4-13,16-23,25-26H2,1-3H3,(H,41,44). The maximum atomic E-state index is 12.9. The molecule has 47 heavy (non-hydrogen) atoms. The van der Waals surface area contributed by atoms with Gasteiger partial charge in [-0.1, -0.05) is 59.3 Å². The van der Waals surface area contributed by atoms with E-state index in [2.05, 4.69) is 26.1 Å². The van der Waals surface area contributed by atoms with Crippen molar-refractivity contribution in [2.75, 3.05) is 6.54 Å². The van der Waals surface area contributed by atoms with Crippen molar-refractivity contribution in [3.63, 3.8) is 0 Å². The molecule has 8 unspecified atom stereocenters. The summed E-state index contributed by atoms with van der Waals surface area (Å²) in [5, 5.41) is 14.9. The average molecular weight is 649 g/mol. The van der Waals surface area contributed by atoms with Crippen molar-refractivity contribution >= 4 is 17.6 Å². The van der Waals surface area contributed by atoms with Crippen LogP contribution in [0, 0.1) is 62.4 Å². The molecule has 0 aliphatic heterocycles. The zero-order valence-electron chi connectivity index (χ0n) is 29.4. The molecule has 1 aromatic carbocycles. The summed E-state index contributed by atoms with van der Waals surface area (Å²) in [4.78, 5) is 37.1. The number of hydrogen-bond acceptors (Lipinski definition) is 5. The molecule has 1 aromatic rings. The maximum absolute atomic E-state index is 12.9. The third kappa shape index (κ3) is 7.15. The molecule has 5 fully saturated rings. The minimum Gasteiger partial charge on any atom is -0.461 e. The summed E-state index contributed by atoms with van der Waals surface area (Å²) in [6.07, 6.45) is 22.2. The number of nitro groups is 1. The molecule has 5 aliphatic rings. The molecule has 7 nitrogen and oxygen atoms in total. The van der Waals surface area contributed by atoms with E-state index in [-0.39, 0.29) is 29.7 Å². The van der Waals surface area contributed by atoms with Crippen LogP contribution in [0.4, 0.5) is 5.69 Å². The summed E-state index contributed by atoms with van der Waals surface area (Å²) in [6, 6.07) is 4.49. The van der Waals surface area contributed by atoms with Crippen molar-refractivity contribution in [3.8, 4) is 0 Å². The molecular weight excluding hydrogens is 588 g/mol. The van der Waals surface area contributed by atoms with Gasteiger partial charge in [0.05, 0.1) is 10.5 Å². The third-order valence-electron chi connectivity index (χ3n) is 14.6. The Bertz CT molecular complexity index is 1290. The monoisotopic (exact) mass is 648 g/mol. The number of fused-ring (bicyclic) bond motifs is 5. The van der Waals surface area contributed by atoms with E-state index >= 15 is 0 Å². The van der Waals surface area contributed by atoms with Crippen molar-refractivity contribution in [3.05, 3.63) is 39.4 Å². The molecule has 7 heteroatoms. The zero-order valence-corrected chi connectivity index (χ0v) is 29.4. The minimum atomic E-state index is -0.486. The van der Waals surface area contributed by atoms with E-state index in [1.165, 1.54) is 96.0 Å². The van der Waals surface area contributed by atoms with Crippen molar-refractivity contribution in [1.82, 2.24) is 5.32 Å². The van der Waals surface area contributed by atoms with Crippen LogP contribution in [0.15, 0.2) is 18.2 Å². The second-order valence-corrected chi connectivity index (χ2v) is 17.0. The molecule has 8 atom stereocenters. The van der Waals surface area contributed by atoms with E-state index in [0.717, 1.165) is 42.9 Å². The summed E-state index contributed by atoms with van der Waals surface area (Å²) in [7, 11) is 0. The summed E-state index contributed by atoms with van der Waals surface area (Å²) < 4.78 is 5.59. The molecule has 0 spiro atoms. The normalized spacial score (nSPS) is 34.7. The fourth-order valence-corrected chi connectivity index (χ4v) is 12.0. The predicted molar refractivity (Wildman–Crippen MR) is 185 cm³/mol. The number of nitrogens with zero attached hydrogens (tertiary/aromatic N) is 1. The van der Waals surface area contributed by atoms with Gasteiger partial charge in [-0.15, -0.1) is 0 Å². The van der Waals surface area contributed by atoms with Crippen LogP contribution in [-0.4, -0.2) is 23.3 Å². The lowest BCUT2D eigenvalue weighted by molar-refractivity contribution is -0.385. The zero-order chi connectivity index (χ0) is 33.2. The molecule has 6 rings (SSSR count). The first-order valence-corrected chi connectivity index (χ1v) is 19.3. The van der Waals surface area contributed by atoms with Crippen molar-refractivity contribution < 1.29 is 19.2 Å². The maximum Gasteiger partial charge on any atom is 0.306 e. The lowest BCUT2D eigenvalue weighted by Crippen LogP contribution is -2.53. The fourth-order valence-electron chi connectivity index (χ4n) is 12.0. The van der Waals surface area contributed by atoms with Gasteiger partial charge in [0.25, 0.3) is 11.6 Å². The first kappa shape index (κ1) is 34.4. The highest BCUT2D eigenvalue weighted by molar-refractivity contribution is 5.95. The van der Waals surface area contributed by atoms with Crippen LogP contribution < -0.4 is 5.32 Å². The van der Waals surface area contributed by atoms with Gasteiger partial charge in [0.15, 0.2) is 0 Å². The number of nitro benzene ring substituents is 1. The van der Waals surface area contributed by atoms with E-state index in [4.69, 9.17) is 4.74 Å². The van der Waals surface area contributed by atoms with Crippen LogP contribution in [0.5, 0.6) is 0 Å². The topological polar surface area (TPSA) is 98.5 Å². The highest BCUT2D eigenvalue weighted by atomic mass is 16.6. The van der Waals surface area contributed by atoms with Gasteiger partial charge >= 0.3 is 5.97 Å². The van der Waals surface area contributed by atoms with Gasteiger partial charge in [0, 0.05) is 24.6 Å². The van der Waals surface area contributed by atoms with Crippen LogP contribution >= 0.6 is 0 Å². The van der Waals surface area contributed by atoms with E-state index in [0.29, 0.717) is 47.1 Å². The lowest BCUT2D eigenvalue weighted by Gasteiger charge is -2.61. The number of esters is 1. The average Bonchev–Trinajstić information content (AvgIpc) is 3.22. The second kappa shape index (κ2) is 14.6. The third-order valence-corrected chi connectivity index (χ3v) is 14.6. The molecular formula is C40H60N2O5. The van der Waals surface area contributed by atoms with E-state index in [1.807, 2.05) is 0 Å². The largest absolute Gasteiger partial charge is 0.461 e. The van der Waals surface area contributed by atoms with E-state index in [1.54, 1.807) is 12.1 Å². The molecule has 1 amide bonds. The number of benzene rings is 1. The van der Waals surface area contributed by atoms with Crippen molar-refractivity contribution in [2.45, 2.75) is 143 Å². The number of ether oxygens (including phenoxy) is 1. The second-order valence-electron chi connectivity index (χ2n) is 17.0. The predicted octanol–water partition coefficient (Wildman–Crippen LogP) is 9.80. The fraction of sp³-hybridized carbons (Fsp3) is 0.800. The van der Waals surface area contributed by atoms with Gasteiger partial charge in [-0.05, 0) is 135 Å². The van der Waals surface area contributed by atoms with E-state index in [9.17, 15) is 19.7 Å². The molecule has 1 N–H and O–H groups in total. The quantitative estimate of drug-likeness (QED) is 0.118. The van der Waals surface area contributed by atoms with Crippen LogP contribution in [0.25, 0.3) is 0 Å². The Morgan fingerprint density at radius 1 is 0.915 bits per heavy atom. The highest BCUT2D eigenvalue weighted by Gasteiger charge is 2.60. The van der Waals surface area contributed by atoms with Crippen LogP contribution in [0.1, 0.15) is 152 Å². The lowest BCUT2D eigenvalue weighted by atomic mass is 9.44. The SMILES string of the molecule is CC(CCC(=O)OCc1ccc(C(=O)NCC2CCCCCC2)cc1[N+](=O)[O-])C1CCC2C3CCC4CCCCC4(C)C3CCC12C. The van der Waals surface area contributed by atoms with Crippen LogP contribution in [0.2, 0.25) is 0 Å². The number of carbonyl (C=O) groups is 2. The Balaban J connectivity index is 0.995. The Morgan fingerprint density at radius 3 is 2.43 bits per heavy atom. The first-order valence-electron chi connectivity index (χ1n) is 19.3. The van der Waals surface area contributed by atoms with Crippen molar-refractivity contribution in [2.24, 2.45) is 52.3 Å². The summed E-state index contributed by atoms with van der Waals surface area (Å²) in [6.45, 7) is 8.01. The molecule has 0 bridgehead atoms. The van der Waals surface area contributed by atoms with Gasteiger partial charge in [0.1, 0.15) is 6.61 Å². The summed E-state index contributed by atoms with van der Waals surface area (Å²) >= 11 is 0. The number of amides is 1. The number of rotatable bonds is 10. The van der Waals surface area contributed by atoms with Gasteiger partial charge in [-0.25, -0.2) is 0 Å². The Hall–Kier alpha value is -2.44. The molecule has 5 aliphatic carbocycles. The Morgan fingerprint density at radius 2 is 1.66 bits per heavy atom. The van der Waals surface area contributed by atoms with Gasteiger partial charge < -0.3 is 10.1 Å².